The molecule has 3 nitrogen and oxygen atoms in total. The van der Waals surface area contributed by atoms with E-state index in [9.17, 15) is 4.79 Å². The standard InChI is InChI=1S/C12H7O3/c13-6-8-2-1-3-10-9(8)4-5-11-12(10)15-7-14-11/h1-5H,7H2. The monoisotopic (exact) mass is 199 g/mol. The summed E-state index contributed by atoms with van der Waals surface area (Å²) in [5.74, 6) is 1.44. The van der Waals surface area contributed by atoms with Crippen molar-refractivity contribution in [1.82, 2.24) is 0 Å². The fraction of sp³-hybridized carbons (Fsp3) is 0.0833. The molecule has 0 saturated carbocycles. The summed E-state index contributed by atoms with van der Waals surface area (Å²) < 4.78 is 10.6. The minimum atomic E-state index is 0.240. The molecule has 15 heavy (non-hydrogen) atoms. The summed E-state index contributed by atoms with van der Waals surface area (Å²) in [5, 5.41) is 1.74. The second-order valence-corrected chi connectivity index (χ2v) is 3.30. The predicted molar refractivity (Wildman–Crippen MR) is 54.9 cm³/mol. The Labute approximate surface area is 86.2 Å². The van der Waals surface area contributed by atoms with Crippen molar-refractivity contribution in [3.63, 3.8) is 0 Å². The molecule has 2 aromatic rings. The third-order valence-electron chi connectivity index (χ3n) is 2.50. The van der Waals surface area contributed by atoms with Crippen LogP contribution < -0.4 is 9.47 Å². The molecule has 1 aliphatic rings. The smallest absolute Gasteiger partial charge is 0.234 e. The maximum atomic E-state index is 10.7. The SMILES string of the molecule is O=[C]c1cccc2c3c(ccc12)OCO3. The van der Waals surface area contributed by atoms with E-state index in [1.807, 2.05) is 30.6 Å². The third-order valence-corrected chi connectivity index (χ3v) is 2.50. The second kappa shape index (κ2) is 2.98. The van der Waals surface area contributed by atoms with Gasteiger partial charge in [0.1, 0.15) is 0 Å². The first-order valence-corrected chi connectivity index (χ1v) is 4.59. The molecule has 73 valence electrons. The zero-order valence-corrected chi connectivity index (χ0v) is 7.82. The Morgan fingerprint density at radius 3 is 2.87 bits per heavy atom. The van der Waals surface area contributed by atoms with Crippen molar-refractivity contribution in [3.8, 4) is 11.5 Å². The highest BCUT2D eigenvalue weighted by molar-refractivity contribution is 6.02. The summed E-state index contributed by atoms with van der Waals surface area (Å²) in [5.41, 5.74) is 0.547. The predicted octanol–water partition coefficient (Wildman–Crippen LogP) is 2.03. The first-order valence-electron chi connectivity index (χ1n) is 4.59. The van der Waals surface area contributed by atoms with Gasteiger partial charge >= 0.3 is 0 Å². The average molecular weight is 199 g/mol. The zero-order valence-electron chi connectivity index (χ0n) is 7.82. The molecule has 1 aliphatic heterocycles. The topological polar surface area (TPSA) is 35.5 Å². The highest BCUT2D eigenvalue weighted by Crippen LogP contribution is 2.39. The van der Waals surface area contributed by atoms with Crippen LogP contribution in [0.1, 0.15) is 5.56 Å². The minimum absolute atomic E-state index is 0.240. The molecule has 1 radical (unpaired) electrons. The molecule has 3 rings (SSSR count). The number of hydrogen-bond donors (Lipinski definition) is 0. The van der Waals surface area contributed by atoms with Crippen molar-refractivity contribution >= 4 is 17.1 Å². The molecular formula is C12H7O3. The number of fused-ring (bicyclic) bond motifs is 3. The van der Waals surface area contributed by atoms with Crippen LogP contribution in [0.5, 0.6) is 11.5 Å². The number of benzene rings is 2. The van der Waals surface area contributed by atoms with Gasteiger partial charge in [-0.05, 0) is 17.5 Å². The Morgan fingerprint density at radius 2 is 2.00 bits per heavy atom. The maximum absolute atomic E-state index is 10.7. The summed E-state index contributed by atoms with van der Waals surface area (Å²) in [6, 6.07) is 9.11. The summed E-state index contributed by atoms with van der Waals surface area (Å²) in [4.78, 5) is 10.7. The first kappa shape index (κ1) is 8.29. The fourth-order valence-corrected chi connectivity index (χ4v) is 1.81. The highest BCUT2D eigenvalue weighted by atomic mass is 16.7. The van der Waals surface area contributed by atoms with Gasteiger partial charge in [-0.3, -0.25) is 4.79 Å². The van der Waals surface area contributed by atoms with E-state index >= 15 is 0 Å². The van der Waals surface area contributed by atoms with Crippen LogP contribution in [-0.2, 0) is 4.79 Å². The molecule has 0 aliphatic carbocycles. The van der Waals surface area contributed by atoms with Gasteiger partial charge in [-0.2, -0.15) is 0 Å². The number of rotatable bonds is 1. The second-order valence-electron chi connectivity index (χ2n) is 3.30. The van der Waals surface area contributed by atoms with Crippen molar-refractivity contribution in [3.05, 3.63) is 35.9 Å². The molecular weight excluding hydrogens is 192 g/mol. The molecule has 0 amide bonds. The van der Waals surface area contributed by atoms with Crippen LogP contribution >= 0.6 is 0 Å². The van der Waals surface area contributed by atoms with Gasteiger partial charge in [-0.15, -0.1) is 0 Å². The van der Waals surface area contributed by atoms with Crippen molar-refractivity contribution < 1.29 is 14.3 Å². The largest absolute Gasteiger partial charge is 0.454 e. The summed E-state index contributed by atoms with van der Waals surface area (Å²) in [7, 11) is 0. The van der Waals surface area contributed by atoms with E-state index in [0.717, 1.165) is 16.5 Å². The van der Waals surface area contributed by atoms with Gasteiger partial charge in [-0.1, -0.05) is 18.2 Å². The van der Waals surface area contributed by atoms with Crippen molar-refractivity contribution in [1.29, 1.82) is 0 Å². The van der Waals surface area contributed by atoms with Gasteiger partial charge in [0.05, 0.1) is 0 Å². The van der Waals surface area contributed by atoms with Gasteiger partial charge in [0.2, 0.25) is 13.1 Å². The third kappa shape index (κ3) is 1.09. The first-order chi connectivity index (χ1) is 7.40. The molecule has 0 fully saturated rings. The normalized spacial score (nSPS) is 13.1. The molecule has 0 unspecified atom stereocenters. The lowest BCUT2D eigenvalue weighted by atomic mass is 10.0. The molecule has 0 atom stereocenters. The van der Waals surface area contributed by atoms with Crippen LogP contribution in [-0.4, -0.2) is 13.1 Å². The molecule has 0 saturated heterocycles. The molecule has 0 spiro atoms. The minimum Gasteiger partial charge on any atom is -0.454 e. The molecule has 3 heteroatoms. The van der Waals surface area contributed by atoms with Crippen LogP contribution in [0.25, 0.3) is 10.8 Å². The molecule has 2 aromatic carbocycles. The van der Waals surface area contributed by atoms with E-state index < -0.39 is 0 Å². The van der Waals surface area contributed by atoms with E-state index in [0.29, 0.717) is 11.3 Å². The Morgan fingerprint density at radius 1 is 1.07 bits per heavy atom. The summed E-state index contributed by atoms with van der Waals surface area (Å²) in [6.45, 7) is 0.240. The van der Waals surface area contributed by atoms with Gasteiger partial charge in [0.25, 0.3) is 0 Å². The molecule has 0 aromatic heterocycles. The summed E-state index contributed by atoms with van der Waals surface area (Å²) in [6.07, 6.45) is 1.91. The van der Waals surface area contributed by atoms with Gasteiger partial charge in [-0.25, -0.2) is 0 Å². The number of carbonyl (C=O) groups excluding carboxylic acids is 1. The fourth-order valence-electron chi connectivity index (χ4n) is 1.81. The average Bonchev–Trinajstić information content (AvgIpc) is 2.76. The van der Waals surface area contributed by atoms with Gasteiger partial charge in [0, 0.05) is 10.9 Å². The Balaban J connectivity index is 2.42. The van der Waals surface area contributed by atoms with E-state index in [1.54, 1.807) is 6.07 Å². The van der Waals surface area contributed by atoms with Crippen LogP contribution in [0.3, 0.4) is 0 Å². The van der Waals surface area contributed by atoms with E-state index in [1.165, 1.54) is 0 Å². The van der Waals surface area contributed by atoms with E-state index in [2.05, 4.69) is 0 Å². The van der Waals surface area contributed by atoms with E-state index in [-0.39, 0.29) is 6.79 Å². The quantitative estimate of drug-likeness (QED) is 0.704. The molecule has 1 heterocycles. The van der Waals surface area contributed by atoms with Crippen LogP contribution in [0.2, 0.25) is 0 Å². The number of hydrogen-bond acceptors (Lipinski definition) is 3. The van der Waals surface area contributed by atoms with Gasteiger partial charge < -0.3 is 9.47 Å². The summed E-state index contributed by atoms with van der Waals surface area (Å²) >= 11 is 0. The Kier molecular flexibility index (Phi) is 1.65. The van der Waals surface area contributed by atoms with Gasteiger partial charge in [0.15, 0.2) is 11.5 Å². The highest BCUT2D eigenvalue weighted by Gasteiger charge is 2.17. The Hall–Kier alpha value is -2.03. The Bertz CT molecular complexity index is 546. The lowest BCUT2D eigenvalue weighted by Crippen LogP contribution is -1.93. The van der Waals surface area contributed by atoms with E-state index in [4.69, 9.17) is 9.47 Å². The maximum Gasteiger partial charge on any atom is 0.234 e. The lowest BCUT2D eigenvalue weighted by molar-refractivity contribution is 0.175. The van der Waals surface area contributed by atoms with Crippen molar-refractivity contribution in [2.24, 2.45) is 0 Å². The molecule has 0 bridgehead atoms. The number of ether oxygens (including phenoxy) is 2. The van der Waals surface area contributed by atoms with Crippen molar-refractivity contribution in [2.45, 2.75) is 0 Å². The lowest BCUT2D eigenvalue weighted by Gasteiger charge is -2.03. The van der Waals surface area contributed by atoms with Crippen LogP contribution in [0.4, 0.5) is 0 Å². The zero-order chi connectivity index (χ0) is 10.3. The molecule has 0 N–H and O–H groups in total. The van der Waals surface area contributed by atoms with Crippen LogP contribution in [0.15, 0.2) is 30.3 Å². The van der Waals surface area contributed by atoms with Crippen LogP contribution in [0, 0.1) is 0 Å². The van der Waals surface area contributed by atoms with Crippen molar-refractivity contribution in [2.75, 3.05) is 6.79 Å².